The van der Waals surface area contributed by atoms with E-state index >= 15 is 0 Å². The van der Waals surface area contributed by atoms with E-state index in [1.54, 1.807) is 12.1 Å². The highest BCUT2D eigenvalue weighted by molar-refractivity contribution is 7.89. The summed E-state index contributed by atoms with van der Waals surface area (Å²) in [5.41, 5.74) is 0.508. The lowest BCUT2D eigenvalue weighted by molar-refractivity contribution is 0.0393. The summed E-state index contributed by atoms with van der Waals surface area (Å²) in [6, 6.07) is 5.87. The second-order valence-electron chi connectivity index (χ2n) is 4.62. The molecule has 0 radical (unpaired) electrons. The van der Waals surface area contributed by atoms with Gasteiger partial charge in [0.05, 0.1) is 18.1 Å². The number of nitrogens with zero attached hydrogens (tertiary/aromatic N) is 1. The molecule has 1 aliphatic heterocycles. The van der Waals surface area contributed by atoms with E-state index in [-0.39, 0.29) is 16.7 Å². The maximum Gasteiger partial charge on any atom is 0.243 e. The van der Waals surface area contributed by atoms with Crippen LogP contribution in [0.1, 0.15) is 24.2 Å². The lowest BCUT2D eigenvalue weighted by Crippen LogP contribution is -2.46. The summed E-state index contributed by atoms with van der Waals surface area (Å²) in [6.07, 6.45) is 0. The molecule has 0 amide bonds. The zero-order valence-electron chi connectivity index (χ0n) is 11.0. The van der Waals surface area contributed by atoms with Crippen LogP contribution in [-0.2, 0) is 14.8 Å². The lowest BCUT2D eigenvalue weighted by Gasteiger charge is -2.32. The van der Waals surface area contributed by atoms with Crippen LogP contribution in [0.2, 0.25) is 0 Å². The Kier molecular flexibility index (Phi) is 4.03. The Hall–Kier alpha value is -1.24. The van der Waals surface area contributed by atoms with Crippen molar-refractivity contribution in [2.75, 3.05) is 19.8 Å². The highest BCUT2D eigenvalue weighted by atomic mass is 32.2. The Bertz CT molecular complexity index is 565. The number of hydrogen-bond donors (Lipinski definition) is 0. The number of benzene rings is 1. The quantitative estimate of drug-likeness (QED) is 0.784. The van der Waals surface area contributed by atoms with E-state index in [1.165, 1.54) is 23.4 Å². The number of ether oxygens (including phenoxy) is 1. The van der Waals surface area contributed by atoms with Crippen LogP contribution in [0.15, 0.2) is 29.2 Å². The van der Waals surface area contributed by atoms with Crippen molar-refractivity contribution >= 4 is 15.8 Å². The number of Topliss-reactive ketones (excluding diaryl/α,β-unsaturated/α-hetero) is 1. The van der Waals surface area contributed by atoms with Crippen molar-refractivity contribution in [2.45, 2.75) is 24.8 Å². The summed E-state index contributed by atoms with van der Waals surface area (Å²) in [5.74, 6) is -0.0799. The third-order valence-corrected chi connectivity index (χ3v) is 5.20. The first-order valence-corrected chi connectivity index (χ1v) is 7.57. The van der Waals surface area contributed by atoms with Gasteiger partial charge in [-0.2, -0.15) is 4.31 Å². The highest BCUT2D eigenvalue weighted by Crippen LogP contribution is 2.20. The third kappa shape index (κ3) is 2.86. The first-order chi connectivity index (χ1) is 8.93. The number of ketones is 1. The van der Waals surface area contributed by atoms with Gasteiger partial charge in [0.1, 0.15) is 0 Å². The predicted octanol–water partition coefficient (Wildman–Crippen LogP) is 1.30. The SMILES string of the molecule is CC(=O)c1ccc(S(=O)(=O)N2CCOCC2C)cc1. The molecule has 5 nitrogen and oxygen atoms in total. The maximum atomic E-state index is 12.5. The van der Waals surface area contributed by atoms with Crippen molar-refractivity contribution in [3.63, 3.8) is 0 Å². The second kappa shape index (κ2) is 5.40. The summed E-state index contributed by atoms with van der Waals surface area (Å²) in [4.78, 5) is 11.4. The Morgan fingerprint density at radius 3 is 2.47 bits per heavy atom. The molecule has 1 atom stereocenters. The Balaban J connectivity index is 2.30. The fraction of sp³-hybridized carbons (Fsp3) is 0.462. The number of sulfonamides is 1. The Morgan fingerprint density at radius 2 is 1.95 bits per heavy atom. The minimum absolute atomic E-state index is 0.0799. The standard InChI is InChI=1S/C13H17NO4S/c1-10-9-18-8-7-14(10)19(16,17)13-5-3-12(4-6-13)11(2)15/h3-6,10H,7-9H2,1-2H3. The molecule has 104 valence electrons. The average molecular weight is 283 g/mol. The van der Waals surface area contributed by atoms with Crippen LogP contribution in [0.4, 0.5) is 0 Å². The third-order valence-electron chi connectivity index (χ3n) is 3.17. The zero-order chi connectivity index (χ0) is 14.0. The molecule has 6 heteroatoms. The average Bonchev–Trinajstić information content (AvgIpc) is 2.39. The topological polar surface area (TPSA) is 63.7 Å². The van der Waals surface area contributed by atoms with Gasteiger partial charge in [0.15, 0.2) is 5.78 Å². The monoisotopic (exact) mass is 283 g/mol. The molecule has 1 fully saturated rings. The van der Waals surface area contributed by atoms with E-state index in [0.717, 1.165) is 0 Å². The van der Waals surface area contributed by atoms with Gasteiger partial charge in [0.25, 0.3) is 0 Å². The molecular formula is C13H17NO4S. The minimum Gasteiger partial charge on any atom is -0.378 e. The van der Waals surface area contributed by atoms with Gasteiger partial charge in [-0.15, -0.1) is 0 Å². The maximum absolute atomic E-state index is 12.5. The smallest absolute Gasteiger partial charge is 0.243 e. The highest BCUT2D eigenvalue weighted by Gasteiger charge is 2.31. The fourth-order valence-corrected chi connectivity index (χ4v) is 3.67. The van der Waals surface area contributed by atoms with Gasteiger partial charge in [0, 0.05) is 18.2 Å². The normalized spacial score (nSPS) is 21.3. The molecule has 0 aromatic heterocycles. The molecule has 19 heavy (non-hydrogen) atoms. The molecule has 0 bridgehead atoms. The largest absolute Gasteiger partial charge is 0.378 e. The molecule has 0 spiro atoms. The fourth-order valence-electron chi connectivity index (χ4n) is 2.07. The zero-order valence-corrected chi connectivity index (χ0v) is 11.8. The summed E-state index contributed by atoms with van der Waals surface area (Å²) in [5, 5.41) is 0. The van der Waals surface area contributed by atoms with E-state index in [4.69, 9.17) is 4.74 Å². The van der Waals surface area contributed by atoms with Crippen LogP contribution in [0.3, 0.4) is 0 Å². The number of carbonyl (C=O) groups excluding carboxylic acids is 1. The summed E-state index contributed by atoms with van der Waals surface area (Å²) < 4.78 is 31.6. The molecule has 2 rings (SSSR count). The van der Waals surface area contributed by atoms with Gasteiger partial charge in [-0.1, -0.05) is 12.1 Å². The van der Waals surface area contributed by atoms with E-state index in [1.807, 2.05) is 6.92 Å². The summed E-state index contributed by atoms with van der Waals surface area (Å²) >= 11 is 0. The van der Waals surface area contributed by atoms with Crippen LogP contribution in [0.5, 0.6) is 0 Å². The molecule has 0 N–H and O–H groups in total. The van der Waals surface area contributed by atoms with Gasteiger partial charge in [-0.25, -0.2) is 8.42 Å². The van der Waals surface area contributed by atoms with Crippen molar-refractivity contribution in [3.05, 3.63) is 29.8 Å². The molecule has 0 aliphatic carbocycles. The lowest BCUT2D eigenvalue weighted by atomic mass is 10.2. The van der Waals surface area contributed by atoms with Gasteiger partial charge < -0.3 is 4.74 Å². The van der Waals surface area contributed by atoms with Crippen LogP contribution >= 0.6 is 0 Å². The van der Waals surface area contributed by atoms with Crippen LogP contribution in [0, 0.1) is 0 Å². The molecule has 1 unspecified atom stereocenters. The van der Waals surface area contributed by atoms with Crippen molar-refractivity contribution < 1.29 is 17.9 Å². The van der Waals surface area contributed by atoms with Crippen molar-refractivity contribution in [1.29, 1.82) is 0 Å². The van der Waals surface area contributed by atoms with Gasteiger partial charge >= 0.3 is 0 Å². The molecule has 0 saturated carbocycles. The van der Waals surface area contributed by atoms with Crippen LogP contribution in [-0.4, -0.2) is 44.3 Å². The molecular weight excluding hydrogens is 266 g/mol. The molecule has 1 aromatic rings. The van der Waals surface area contributed by atoms with E-state index < -0.39 is 10.0 Å². The number of rotatable bonds is 3. The van der Waals surface area contributed by atoms with Gasteiger partial charge in [-0.05, 0) is 26.0 Å². The molecule has 1 aromatic carbocycles. The Morgan fingerprint density at radius 1 is 1.32 bits per heavy atom. The van der Waals surface area contributed by atoms with E-state index in [9.17, 15) is 13.2 Å². The van der Waals surface area contributed by atoms with Crippen molar-refractivity contribution in [1.82, 2.24) is 4.31 Å². The molecule has 1 aliphatic rings. The molecule has 1 saturated heterocycles. The predicted molar refractivity (Wildman–Crippen MR) is 70.6 cm³/mol. The first kappa shape index (κ1) is 14.2. The summed E-state index contributed by atoms with van der Waals surface area (Å²) in [7, 11) is -3.51. The van der Waals surface area contributed by atoms with E-state index in [0.29, 0.717) is 25.3 Å². The van der Waals surface area contributed by atoms with Gasteiger partial charge in [-0.3, -0.25) is 4.79 Å². The number of hydrogen-bond acceptors (Lipinski definition) is 4. The minimum atomic E-state index is -3.51. The van der Waals surface area contributed by atoms with E-state index in [2.05, 4.69) is 0 Å². The van der Waals surface area contributed by atoms with Crippen molar-refractivity contribution in [3.8, 4) is 0 Å². The Labute approximate surface area is 113 Å². The van der Waals surface area contributed by atoms with Crippen LogP contribution in [0.25, 0.3) is 0 Å². The molecule has 1 heterocycles. The first-order valence-electron chi connectivity index (χ1n) is 6.13. The second-order valence-corrected chi connectivity index (χ2v) is 6.51. The van der Waals surface area contributed by atoms with Crippen LogP contribution < -0.4 is 0 Å². The van der Waals surface area contributed by atoms with Gasteiger partial charge in [0.2, 0.25) is 10.0 Å². The van der Waals surface area contributed by atoms with Crippen molar-refractivity contribution in [2.24, 2.45) is 0 Å². The number of carbonyl (C=O) groups is 1. The summed E-state index contributed by atoms with van der Waals surface area (Å²) in [6.45, 7) is 4.45. The number of morpholine rings is 1.